The molecular weight excluding hydrogens is 603 g/mol. The molecule has 0 aromatic heterocycles. The Morgan fingerprint density at radius 1 is 1.21 bits per heavy atom. The van der Waals surface area contributed by atoms with Crippen LogP contribution in [0.3, 0.4) is 0 Å². The van der Waals surface area contributed by atoms with Gasteiger partial charge in [0.05, 0.1) is 28.6 Å². The highest BCUT2D eigenvalue weighted by atomic mass is 79.9. The van der Waals surface area contributed by atoms with E-state index >= 15 is 0 Å². The predicted molar refractivity (Wildman–Crippen MR) is 164 cm³/mol. The maximum atomic E-state index is 13.9. The Hall–Kier alpha value is -3.28. The number of phenols is 1. The van der Waals surface area contributed by atoms with Gasteiger partial charge in [0.15, 0.2) is 0 Å². The van der Waals surface area contributed by atoms with Crippen LogP contribution in [-0.4, -0.2) is 40.1 Å². The molecule has 0 unspecified atom stereocenters. The Morgan fingerprint density at radius 2 is 1.98 bits per heavy atom. The monoisotopic (exact) mass is 636 g/mol. The molecule has 2 amide bonds. The first-order chi connectivity index (χ1) is 20.0. The number of phenolic OH excluding ortho intramolecular Hbond substituents is 1. The maximum absolute atomic E-state index is 13.9. The normalized spacial score (nSPS) is 24.4. The summed E-state index contributed by atoms with van der Waals surface area (Å²) in [5.41, 5.74) is 3.89. The van der Waals surface area contributed by atoms with Crippen LogP contribution in [0, 0.1) is 33.8 Å². The van der Waals surface area contributed by atoms with E-state index in [1.807, 2.05) is 12.1 Å². The lowest BCUT2D eigenvalue weighted by atomic mass is 9.57. The molecule has 0 saturated carbocycles. The second kappa shape index (κ2) is 12.1. The summed E-state index contributed by atoms with van der Waals surface area (Å²) in [5.74, 6) is -2.10. The summed E-state index contributed by atoms with van der Waals surface area (Å²) < 4.78 is 6.98. The minimum absolute atomic E-state index is 0.0966. The van der Waals surface area contributed by atoms with E-state index in [0.717, 1.165) is 32.5 Å². The number of carbonyl (C=O) groups is 2. The summed E-state index contributed by atoms with van der Waals surface area (Å²) in [6, 6.07) is 10.9. The molecule has 0 bridgehead atoms. The van der Waals surface area contributed by atoms with Crippen molar-refractivity contribution in [2.24, 2.45) is 23.7 Å². The zero-order valence-corrected chi connectivity index (χ0v) is 25.4. The molecule has 9 nitrogen and oxygen atoms in total. The lowest BCUT2D eigenvalue weighted by Gasteiger charge is -2.44. The molecule has 2 N–H and O–H groups in total. The van der Waals surface area contributed by atoms with Gasteiger partial charge < -0.3 is 14.8 Å². The molecule has 4 atom stereocenters. The fourth-order valence-electron chi connectivity index (χ4n) is 6.78. The van der Waals surface area contributed by atoms with Gasteiger partial charge in [0.25, 0.3) is 5.69 Å². The summed E-state index contributed by atoms with van der Waals surface area (Å²) in [4.78, 5) is 39.5. The van der Waals surface area contributed by atoms with Gasteiger partial charge >= 0.3 is 7.12 Å². The molecule has 42 heavy (non-hydrogen) atoms. The number of imide groups is 1. The number of hydrogen-bond donors (Lipinski definition) is 2. The van der Waals surface area contributed by atoms with Crippen molar-refractivity contribution >= 4 is 52.3 Å². The van der Waals surface area contributed by atoms with Gasteiger partial charge in [-0.3, -0.25) is 19.7 Å². The van der Waals surface area contributed by atoms with E-state index < -0.39 is 30.0 Å². The van der Waals surface area contributed by atoms with Crippen molar-refractivity contribution in [3.8, 4) is 5.75 Å². The third kappa shape index (κ3) is 5.69. The number of halogens is 1. The molecular formula is C31H34BBrN2O7. The van der Waals surface area contributed by atoms with Crippen LogP contribution in [0.4, 0.5) is 11.4 Å². The first kappa shape index (κ1) is 30.2. The highest BCUT2D eigenvalue weighted by Crippen LogP contribution is 2.52. The summed E-state index contributed by atoms with van der Waals surface area (Å²) in [7, 11) is -1.09. The topological polar surface area (TPSA) is 130 Å². The van der Waals surface area contributed by atoms with Crippen LogP contribution in [0.25, 0.3) is 6.08 Å². The first-order valence-electron chi connectivity index (χ1n) is 14.4. The van der Waals surface area contributed by atoms with Crippen molar-refractivity contribution in [1.29, 1.82) is 0 Å². The number of nitro benzene ring substituents is 1. The summed E-state index contributed by atoms with van der Waals surface area (Å²) in [6.07, 6.45) is 4.13. The van der Waals surface area contributed by atoms with E-state index in [4.69, 9.17) is 4.65 Å². The summed E-state index contributed by atoms with van der Waals surface area (Å²) in [6.45, 7) is 6.18. The van der Waals surface area contributed by atoms with Crippen LogP contribution >= 0.6 is 15.9 Å². The van der Waals surface area contributed by atoms with E-state index in [2.05, 4.69) is 36.7 Å². The Labute approximate surface area is 253 Å². The third-order valence-corrected chi connectivity index (χ3v) is 9.26. The molecule has 5 rings (SSSR count). The van der Waals surface area contributed by atoms with Gasteiger partial charge in [0, 0.05) is 22.2 Å². The average molecular weight is 637 g/mol. The number of hydrogen-bond acceptors (Lipinski definition) is 7. The number of rotatable bonds is 8. The van der Waals surface area contributed by atoms with E-state index in [1.54, 1.807) is 18.2 Å². The highest BCUT2D eigenvalue weighted by Gasteiger charge is 2.58. The number of benzene rings is 2. The highest BCUT2D eigenvalue weighted by molar-refractivity contribution is 9.10. The van der Waals surface area contributed by atoms with E-state index in [1.165, 1.54) is 18.2 Å². The molecule has 2 aliphatic heterocycles. The number of nitrogens with zero attached hydrogens (tertiary/aromatic N) is 2. The average Bonchev–Trinajstić information content (AvgIpc) is 3.21. The van der Waals surface area contributed by atoms with Crippen molar-refractivity contribution in [1.82, 2.24) is 0 Å². The SMILES string of the molecule is CC/C(=C\c1cc(Br)ccc1O)CC[C@H]1OB(O)C[C@H]2C1=C(C(C)C)C[C@H]1C(=O)N(c3cccc([N+](=O)[O-])c3)C(=O)[C@H]12. The van der Waals surface area contributed by atoms with Gasteiger partial charge in [0.2, 0.25) is 11.8 Å². The Balaban J connectivity index is 1.46. The van der Waals surface area contributed by atoms with E-state index in [9.17, 15) is 29.8 Å². The zero-order valence-electron chi connectivity index (χ0n) is 23.8. The van der Waals surface area contributed by atoms with E-state index in [0.29, 0.717) is 24.8 Å². The van der Waals surface area contributed by atoms with Gasteiger partial charge in [-0.1, -0.05) is 60.0 Å². The van der Waals surface area contributed by atoms with Gasteiger partial charge in [-0.05, 0) is 73.7 Å². The fourth-order valence-corrected chi connectivity index (χ4v) is 7.16. The van der Waals surface area contributed by atoms with Crippen molar-refractivity contribution < 1.29 is 29.3 Å². The molecule has 11 heteroatoms. The van der Waals surface area contributed by atoms with Gasteiger partial charge in [-0.2, -0.15) is 0 Å². The Kier molecular flexibility index (Phi) is 8.73. The van der Waals surface area contributed by atoms with Gasteiger partial charge in [0.1, 0.15) is 5.75 Å². The van der Waals surface area contributed by atoms with Crippen LogP contribution in [0.1, 0.15) is 52.0 Å². The quantitative estimate of drug-likeness (QED) is 0.114. The lowest BCUT2D eigenvalue weighted by molar-refractivity contribution is -0.384. The molecule has 1 aliphatic carbocycles. The molecule has 2 aromatic rings. The maximum Gasteiger partial charge on any atom is 0.455 e. The van der Waals surface area contributed by atoms with Crippen LogP contribution < -0.4 is 4.90 Å². The molecule has 2 fully saturated rings. The number of fused-ring (bicyclic) bond motifs is 3. The molecule has 2 aromatic carbocycles. The van der Waals surface area contributed by atoms with Crippen LogP contribution in [0.2, 0.25) is 6.32 Å². The molecule has 0 radical (unpaired) electrons. The molecule has 2 saturated heterocycles. The molecule has 3 aliphatic rings. The van der Waals surface area contributed by atoms with Crippen LogP contribution in [0.15, 0.2) is 63.7 Å². The van der Waals surface area contributed by atoms with Gasteiger partial charge in [-0.25, -0.2) is 4.90 Å². The minimum Gasteiger partial charge on any atom is -0.507 e. The number of anilines is 1. The largest absolute Gasteiger partial charge is 0.507 e. The second-order valence-corrected chi connectivity index (χ2v) is 12.5. The first-order valence-corrected chi connectivity index (χ1v) is 15.2. The van der Waals surface area contributed by atoms with Crippen LogP contribution in [0.5, 0.6) is 5.75 Å². The zero-order chi connectivity index (χ0) is 30.3. The standard InChI is InChI=1S/C31H34BBrN2O7/c1-4-18(12-19-13-20(33)9-10-26(19)36)8-11-27-28-23(17(2)3)15-24-29(25(28)16-32(39)42-27)31(38)34(30(24)37)21-6-5-7-22(14-21)35(40)41/h5-7,9-10,12-14,17,24-25,27,29,36,39H,4,8,11,15-16H2,1-3H3/b18-12+/t24-,25+,27-,29-/m1/s1. The number of non-ortho nitro benzene ring substituents is 1. The predicted octanol–water partition coefficient (Wildman–Crippen LogP) is 6.29. The molecule has 220 valence electrons. The minimum atomic E-state index is -1.09. The molecule has 0 spiro atoms. The number of carbonyl (C=O) groups excluding carboxylic acids is 2. The number of amides is 2. The van der Waals surface area contributed by atoms with Crippen molar-refractivity contribution in [3.63, 3.8) is 0 Å². The Bertz CT molecular complexity index is 1490. The summed E-state index contributed by atoms with van der Waals surface area (Å²) >= 11 is 3.46. The molecule has 2 heterocycles. The van der Waals surface area contributed by atoms with Gasteiger partial charge in [-0.15, -0.1) is 0 Å². The Morgan fingerprint density at radius 3 is 2.67 bits per heavy atom. The fraction of sp³-hybridized carbons (Fsp3) is 0.419. The van der Waals surface area contributed by atoms with Crippen molar-refractivity contribution in [2.75, 3.05) is 4.90 Å². The number of aromatic hydroxyl groups is 1. The van der Waals surface area contributed by atoms with E-state index in [-0.39, 0.29) is 47.1 Å². The number of nitro groups is 1. The van der Waals surface area contributed by atoms with Crippen molar-refractivity contribution in [2.45, 2.75) is 58.9 Å². The van der Waals surface area contributed by atoms with Crippen LogP contribution in [-0.2, 0) is 14.2 Å². The second-order valence-electron chi connectivity index (χ2n) is 11.6. The third-order valence-electron chi connectivity index (χ3n) is 8.77. The lowest BCUT2D eigenvalue weighted by Crippen LogP contribution is -2.46. The van der Waals surface area contributed by atoms with Crippen molar-refractivity contribution in [3.05, 3.63) is 79.3 Å². The summed E-state index contributed by atoms with van der Waals surface area (Å²) in [5, 5.41) is 32.5. The number of allylic oxidation sites excluding steroid dienone is 2. The smallest absolute Gasteiger partial charge is 0.455 e.